The van der Waals surface area contributed by atoms with Gasteiger partial charge in [-0.2, -0.15) is 0 Å². The first kappa shape index (κ1) is 13.5. The summed E-state index contributed by atoms with van der Waals surface area (Å²) in [7, 11) is 0. The molecule has 3 N–H and O–H groups in total. The molecule has 0 bridgehead atoms. The molecule has 0 radical (unpaired) electrons. The summed E-state index contributed by atoms with van der Waals surface area (Å²) in [4.78, 5) is 15.8. The number of aromatic nitrogens is 1. The SMILES string of the molecule is CC(CO)Cc1ccc2sc(C3CC3C(N)=O)nc2c1. The average Bonchev–Trinajstić information content (AvgIpc) is 3.12. The van der Waals surface area contributed by atoms with Crippen molar-refractivity contribution in [2.45, 2.75) is 25.7 Å². The van der Waals surface area contributed by atoms with Crippen LogP contribution in [0.2, 0.25) is 0 Å². The molecule has 1 heterocycles. The molecule has 5 heteroatoms. The van der Waals surface area contributed by atoms with E-state index in [1.807, 2.05) is 6.92 Å². The number of primary amides is 1. The van der Waals surface area contributed by atoms with Crippen molar-refractivity contribution in [1.82, 2.24) is 4.98 Å². The van der Waals surface area contributed by atoms with Gasteiger partial charge < -0.3 is 10.8 Å². The van der Waals surface area contributed by atoms with Crippen molar-refractivity contribution in [3.05, 3.63) is 28.8 Å². The van der Waals surface area contributed by atoms with E-state index in [0.29, 0.717) is 0 Å². The minimum Gasteiger partial charge on any atom is -0.396 e. The first-order valence-electron chi connectivity index (χ1n) is 6.88. The molecule has 3 rings (SSSR count). The Bertz CT molecular complexity index is 652. The van der Waals surface area contributed by atoms with Crippen molar-refractivity contribution in [2.75, 3.05) is 6.61 Å². The number of hydrogen-bond donors (Lipinski definition) is 2. The summed E-state index contributed by atoms with van der Waals surface area (Å²) in [5, 5.41) is 10.1. The number of carbonyl (C=O) groups excluding carboxylic acids is 1. The predicted octanol–water partition coefficient (Wildman–Crippen LogP) is 2.06. The molecule has 1 aromatic heterocycles. The number of benzene rings is 1. The molecule has 4 nitrogen and oxygen atoms in total. The third-order valence-electron chi connectivity index (χ3n) is 3.84. The van der Waals surface area contributed by atoms with Crippen molar-refractivity contribution in [3.63, 3.8) is 0 Å². The third kappa shape index (κ3) is 2.55. The summed E-state index contributed by atoms with van der Waals surface area (Å²) in [5.41, 5.74) is 7.51. The zero-order valence-corrected chi connectivity index (χ0v) is 12.2. The van der Waals surface area contributed by atoms with Crippen LogP contribution in [0.1, 0.15) is 29.8 Å². The molecule has 1 fully saturated rings. The first-order chi connectivity index (χ1) is 9.58. The number of amides is 1. The highest BCUT2D eigenvalue weighted by Crippen LogP contribution is 2.49. The first-order valence-corrected chi connectivity index (χ1v) is 7.69. The van der Waals surface area contributed by atoms with Gasteiger partial charge in [-0.3, -0.25) is 4.79 Å². The number of rotatable bonds is 5. The monoisotopic (exact) mass is 290 g/mol. The van der Waals surface area contributed by atoms with E-state index in [2.05, 4.69) is 23.2 Å². The number of nitrogens with zero attached hydrogens (tertiary/aromatic N) is 1. The van der Waals surface area contributed by atoms with E-state index in [1.165, 1.54) is 5.56 Å². The van der Waals surface area contributed by atoms with Crippen molar-refractivity contribution in [3.8, 4) is 0 Å². The number of fused-ring (bicyclic) bond motifs is 1. The van der Waals surface area contributed by atoms with Gasteiger partial charge in [0.25, 0.3) is 0 Å². The Kier molecular flexibility index (Phi) is 3.48. The third-order valence-corrected chi connectivity index (χ3v) is 5.01. The number of thiazole rings is 1. The Balaban J connectivity index is 1.83. The van der Waals surface area contributed by atoms with Crippen molar-refractivity contribution < 1.29 is 9.90 Å². The number of aliphatic hydroxyl groups is 1. The van der Waals surface area contributed by atoms with Gasteiger partial charge in [-0.15, -0.1) is 11.3 Å². The van der Waals surface area contributed by atoms with Crippen LogP contribution in [-0.4, -0.2) is 22.6 Å². The van der Waals surface area contributed by atoms with Gasteiger partial charge in [0.05, 0.1) is 15.2 Å². The molecule has 1 amide bonds. The van der Waals surface area contributed by atoms with E-state index >= 15 is 0 Å². The molecular formula is C15H18N2O2S. The maximum atomic E-state index is 11.1. The van der Waals surface area contributed by atoms with Crippen LogP contribution in [0.25, 0.3) is 10.2 Å². The molecule has 20 heavy (non-hydrogen) atoms. The van der Waals surface area contributed by atoms with Crippen molar-refractivity contribution in [2.24, 2.45) is 17.6 Å². The molecule has 1 aliphatic rings. The second-order valence-electron chi connectivity index (χ2n) is 5.70. The smallest absolute Gasteiger partial charge is 0.221 e. The lowest BCUT2D eigenvalue weighted by Crippen LogP contribution is -2.13. The highest BCUT2D eigenvalue weighted by molar-refractivity contribution is 7.18. The van der Waals surface area contributed by atoms with Crippen LogP contribution >= 0.6 is 11.3 Å². The fraction of sp³-hybridized carbons (Fsp3) is 0.467. The highest BCUT2D eigenvalue weighted by Gasteiger charge is 2.44. The van der Waals surface area contributed by atoms with Gasteiger partial charge in [0, 0.05) is 18.4 Å². The predicted molar refractivity (Wildman–Crippen MR) is 79.6 cm³/mol. The van der Waals surface area contributed by atoms with Crippen LogP contribution in [0.15, 0.2) is 18.2 Å². The number of nitrogens with two attached hydrogens (primary N) is 1. The molecule has 3 atom stereocenters. The van der Waals surface area contributed by atoms with E-state index in [4.69, 9.17) is 10.8 Å². The lowest BCUT2D eigenvalue weighted by Gasteiger charge is -2.06. The number of carbonyl (C=O) groups is 1. The van der Waals surface area contributed by atoms with Crippen LogP contribution in [0.5, 0.6) is 0 Å². The van der Waals surface area contributed by atoms with E-state index < -0.39 is 0 Å². The second kappa shape index (κ2) is 5.14. The summed E-state index contributed by atoms with van der Waals surface area (Å²) in [6.07, 6.45) is 1.69. The molecule has 106 valence electrons. The minimum absolute atomic E-state index is 0.0237. The molecule has 1 aliphatic carbocycles. The second-order valence-corrected chi connectivity index (χ2v) is 6.76. The number of aliphatic hydroxyl groups excluding tert-OH is 1. The lowest BCUT2D eigenvalue weighted by molar-refractivity contribution is -0.119. The van der Waals surface area contributed by atoms with E-state index in [0.717, 1.165) is 28.1 Å². The average molecular weight is 290 g/mol. The summed E-state index contributed by atoms with van der Waals surface area (Å²) >= 11 is 1.65. The van der Waals surface area contributed by atoms with E-state index in [9.17, 15) is 4.79 Å². The molecule has 0 spiro atoms. The zero-order chi connectivity index (χ0) is 14.3. The fourth-order valence-electron chi connectivity index (χ4n) is 2.53. The van der Waals surface area contributed by atoms with Gasteiger partial charge in [0.15, 0.2) is 0 Å². The Morgan fingerprint density at radius 2 is 2.40 bits per heavy atom. The Hall–Kier alpha value is -1.46. The van der Waals surface area contributed by atoms with Gasteiger partial charge >= 0.3 is 0 Å². The topological polar surface area (TPSA) is 76.2 Å². The van der Waals surface area contributed by atoms with Gasteiger partial charge in [-0.1, -0.05) is 13.0 Å². The fourth-order valence-corrected chi connectivity index (χ4v) is 3.65. The van der Waals surface area contributed by atoms with E-state index in [-0.39, 0.29) is 30.3 Å². The summed E-state index contributed by atoms with van der Waals surface area (Å²) in [5.74, 6) is 0.245. The van der Waals surface area contributed by atoms with Crippen LogP contribution in [0.3, 0.4) is 0 Å². The zero-order valence-electron chi connectivity index (χ0n) is 11.4. The molecular weight excluding hydrogens is 272 g/mol. The quantitative estimate of drug-likeness (QED) is 0.885. The molecule has 1 saturated carbocycles. The van der Waals surface area contributed by atoms with Crippen LogP contribution in [0.4, 0.5) is 0 Å². The molecule has 1 aromatic carbocycles. The Morgan fingerprint density at radius 1 is 1.60 bits per heavy atom. The summed E-state index contributed by atoms with van der Waals surface area (Å²) in [6, 6.07) is 6.26. The van der Waals surface area contributed by atoms with Gasteiger partial charge in [0.2, 0.25) is 5.91 Å². The van der Waals surface area contributed by atoms with Crippen LogP contribution in [0, 0.1) is 11.8 Å². The van der Waals surface area contributed by atoms with Crippen molar-refractivity contribution in [1.29, 1.82) is 0 Å². The molecule has 0 saturated heterocycles. The molecule has 2 aromatic rings. The summed E-state index contributed by atoms with van der Waals surface area (Å²) in [6.45, 7) is 2.22. The van der Waals surface area contributed by atoms with Crippen LogP contribution in [-0.2, 0) is 11.2 Å². The maximum Gasteiger partial charge on any atom is 0.221 e. The Morgan fingerprint density at radius 3 is 3.05 bits per heavy atom. The largest absolute Gasteiger partial charge is 0.396 e. The standard InChI is InChI=1S/C15H18N2O2S/c1-8(7-18)4-9-2-3-13-12(5-9)17-15(20-13)11-6-10(11)14(16)19/h2-3,5,8,10-11,18H,4,6-7H2,1H3,(H2,16,19). The van der Waals surface area contributed by atoms with Crippen LogP contribution < -0.4 is 5.73 Å². The minimum atomic E-state index is -0.216. The normalized spacial score (nSPS) is 22.9. The highest BCUT2D eigenvalue weighted by atomic mass is 32.1. The summed E-state index contributed by atoms with van der Waals surface area (Å²) < 4.78 is 1.15. The Labute approximate surface area is 121 Å². The van der Waals surface area contributed by atoms with Gasteiger partial charge in [-0.05, 0) is 36.5 Å². The van der Waals surface area contributed by atoms with Crippen molar-refractivity contribution >= 4 is 27.5 Å². The maximum absolute atomic E-state index is 11.1. The van der Waals surface area contributed by atoms with Gasteiger partial charge in [0.1, 0.15) is 0 Å². The molecule has 3 unspecified atom stereocenters. The molecule has 0 aliphatic heterocycles. The van der Waals surface area contributed by atoms with E-state index in [1.54, 1.807) is 11.3 Å². The number of hydrogen-bond acceptors (Lipinski definition) is 4. The van der Waals surface area contributed by atoms with Gasteiger partial charge in [-0.25, -0.2) is 4.98 Å². The lowest BCUT2D eigenvalue weighted by atomic mass is 10.0.